The zero-order valence-corrected chi connectivity index (χ0v) is 14.0. The normalized spacial score (nSPS) is 19.1. The molecule has 0 radical (unpaired) electrons. The molecule has 1 atom stereocenters. The average Bonchev–Trinajstić information content (AvgIpc) is 2.91. The van der Waals surface area contributed by atoms with Crippen LogP contribution in [0.3, 0.4) is 0 Å². The molecular formula is C18H25N3O2. The van der Waals surface area contributed by atoms with E-state index in [9.17, 15) is 0 Å². The van der Waals surface area contributed by atoms with Gasteiger partial charge in [-0.2, -0.15) is 0 Å². The minimum atomic E-state index is 0.301. The Morgan fingerprint density at radius 1 is 1.35 bits per heavy atom. The molecule has 0 saturated carbocycles. The van der Waals surface area contributed by atoms with Gasteiger partial charge in [-0.3, -0.25) is 4.98 Å². The van der Waals surface area contributed by atoms with Gasteiger partial charge in [0.25, 0.3) is 0 Å². The lowest BCUT2D eigenvalue weighted by molar-refractivity contribution is -0.0109. The maximum absolute atomic E-state index is 6.05. The molecule has 1 aliphatic heterocycles. The van der Waals surface area contributed by atoms with Crippen molar-refractivity contribution in [2.75, 3.05) is 19.6 Å². The van der Waals surface area contributed by atoms with E-state index in [-0.39, 0.29) is 0 Å². The van der Waals surface area contributed by atoms with Crippen molar-refractivity contribution in [3.63, 3.8) is 0 Å². The first kappa shape index (κ1) is 16.1. The Morgan fingerprint density at radius 2 is 2.26 bits per heavy atom. The molecule has 5 nitrogen and oxygen atoms in total. The molecule has 5 heteroatoms. The third-order valence-electron chi connectivity index (χ3n) is 4.51. The molecular weight excluding hydrogens is 290 g/mol. The molecule has 2 aromatic rings. The molecule has 0 amide bonds. The van der Waals surface area contributed by atoms with Gasteiger partial charge in [0.1, 0.15) is 5.76 Å². The molecule has 0 aliphatic carbocycles. The minimum absolute atomic E-state index is 0.301. The lowest BCUT2D eigenvalue weighted by Crippen LogP contribution is -2.40. The maximum atomic E-state index is 6.05. The fourth-order valence-corrected chi connectivity index (χ4v) is 3.17. The first-order chi connectivity index (χ1) is 11.2. The largest absolute Gasteiger partial charge is 0.371 e. The van der Waals surface area contributed by atoms with Gasteiger partial charge in [0.15, 0.2) is 0 Å². The molecule has 1 saturated heterocycles. The SMILES string of the molecule is Cc1noc(C)c1CCN1CCCC(OCc2ccccn2)C1. The first-order valence-corrected chi connectivity index (χ1v) is 8.38. The number of nitrogens with zero attached hydrogens (tertiary/aromatic N) is 3. The Morgan fingerprint density at radius 3 is 3.00 bits per heavy atom. The molecule has 3 heterocycles. The van der Waals surface area contributed by atoms with Crippen LogP contribution >= 0.6 is 0 Å². The molecule has 1 unspecified atom stereocenters. The predicted molar refractivity (Wildman–Crippen MR) is 88.2 cm³/mol. The van der Waals surface area contributed by atoms with Crippen LogP contribution in [0.4, 0.5) is 0 Å². The molecule has 1 aliphatic rings. The fourth-order valence-electron chi connectivity index (χ4n) is 3.17. The number of piperidine rings is 1. The second-order valence-electron chi connectivity index (χ2n) is 6.25. The van der Waals surface area contributed by atoms with Gasteiger partial charge in [-0.25, -0.2) is 0 Å². The van der Waals surface area contributed by atoms with Crippen LogP contribution in [0, 0.1) is 13.8 Å². The van der Waals surface area contributed by atoms with Gasteiger partial charge in [-0.05, 0) is 51.8 Å². The third-order valence-corrected chi connectivity index (χ3v) is 4.51. The van der Waals surface area contributed by atoms with Crippen molar-refractivity contribution >= 4 is 0 Å². The van der Waals surface area contributed by atoms with E-state index < -0.39 is 0 Å². The van der Waals surface area contributed by atoms with E-state index in [1.54, 1.807) is 0 Å². The Labute approximate surface area is 137 Å². The summed E-state index contributed by atoms with van der Waals surface area (Å²) in [6, 6.07) is 5.95. The Balaban J connectivity index is 1.46. The summed E-state index contributed by atoms with van der Waals surface area (Å²) >= 11 is 0. The second kappa shape index (κ2) is 7.70. The highest BCUT2D eigenvalue weighted by atomic mass is 16.5. The van der Waals surface area contributed by atoms with E-state index in [0.29, 0.717) is 12.7 Å². The van der Waals surface area contributed by atoms with Crippen molar-refractivity contribution in [3.8, 4) is 0 Å². The summed E-state index contributed by atoms with van der Waals surface area (Å²) in [5.41, 5.74) is 3.27. The van der Waals surface area contributed by atoms with Crippen molar-refractivity contribution in [2.24, 2.45) is 0 Å². The van der Waals surface area contributed by atoms with Gasteiger partial charge in [-0.15, -0.1) is 0 Å². The van der Waals surface area contributed by atoms with Crippen LogP contribution in [0.15, 0.2) is 28.9 Å². The van der Waals surface area contributed by atoms with E-state index in [4.69, 9.17) is 9.26 Å². The van der Waals surface area contributed by atoms with E-state index in [2.05, 4.69) is 15.0 Å². The van der Waals surface area contributed by atoms with Gasteiger partial charge >= 0.3 is 0 Å². The molecule has 23 heavy (non-hydrogen) atoms. The van der Waals surface area contributed by atoms with Crippen molar-refractivity contribution in [2.45, 2.75) is 45.8 Å². The van der Waals surface area contributed by atoms with E-state index >= 15 is 0 Å². The van der Waals surface area contributed by atoms with Gasteiger partial charge in [0.05, 0.1) is 24.1 Å². The number of hydrogen-bond donors (Lipinski definition) is 0. The maximum Gasteiger partial charge on any atom is 0.137 e. The second-order valence-corrected chi connectivity index (χ2v) is 6.25. The summed E-state index contributed by atoms with van der Waals surface area (Å²) in [6.45, 7) is 7.78. The van der Waals surface area contributed by atoms with E-state index in [1.165, 1.54) is 12.0 Å². The number of likely N-dealkylation sites (tertiary alicyclic amines) is 1. The number of ether oxygens (including phenoxy) is 1. The highest BCUT2D eigenvalue weighted by molar-refractivity contribution is 5.21. The zero-order chi connectivity index (χ0) is 16.1. The predicted octanol–water partition coefficient (Wildman–Crippen LogP) is 2.91. The van der Waals surface area contributed by atoms with E-state index in [1.807, 2.05) is 38.2 Å². The smallest absolute Gasteiger partial charge is 0.137 e. The molecule has 2 aromatic heterocycles. The van der Waals surface area contributed by atoms with Crippen LogP contribution in [0.2, 0.25) is 0 Å². The molecule has 0 bridgehead atoms. The lowest BCUT2D eigenvalue weighted by atomic mass is 10.1. The quantitative estimate of drug-likeness (QED) is 0.820. The number of aromatic nitrogens is 2. The number of hydrogen-bond acceptors (Lipinski definition) is 5. The average molecular weight is 315 g/mol. The molecule has 124 valence electrons. The van der Waals surface area contributed by atoms with Gasteiger partial charge < -0.3 is 14.2 Å². The molecule has 1 fully saturated rings. The summed E-state index contributed by atoms with van der Waals surface area (Å²) in [5, 5.41) is 4.03. The van der Waals surface area contributed by atoms with Crippen molar-refractivity contribution in [3.05, 3.63) is 47.1 Å². The van der Waals surface area contributed by atoms with Crippen LogP contribution in [0.1, 0.15) is 35.6 Å². The van der Waals surface area contributed by atoms with Crippen LogP contribution in [0.5, 0.6) is 0 Å². The number of rotatable bonds is 6. The molecule has 0 spiro atoms. The van der Waals surface area contributed by atoms with Crippen molar-refractivity contribution < 1.29 is 9.26 Å². The zero-order valence-electron chi connectivity index (χ0n) is 14.0. The van der Waals surface area contributed by atoms with Gasteiger partial charge in [0, 0.05) is 24.8 Å². The van der Waals surface area contributed by atoms with Crippen molar-refractivity contribution in [1.29, 1.82) is 0 Å². The first-order valence-electron chi connectivity index (χ1n) is 8.38. The Bertz CT molecular complexity index is 592. The van der Waals surface area contributed by atoms with Gasteiger partial charge in [-0.1, -0.05) is 11.2 Å². The Kier molecular flexibility index (Phi) is 5.41. The fraction of sp³-hybridized carbons (Fsp3) is 0.556. The molecule has 3 rings (SSSR count). The monoisotopic (exact) mass is 315 g/mol. The summed E-state index contributed by atoms with van der Waals surface area (Å²) in [6.07, 6.45) is 5.43. The van der Waals surface area contributed by atoms with Crippen LogP contribution in [0.25, 0.3) is 0 Å². The Hall–Kier alpha value is -1.72. The lowest BCUT2D eigenvalue weighted by Gasteiger charge is -2.32. The topological polar surface area (TPSA) is 51.4 Å². The van der Waals surface area contributed by atoms with Crippen LogP contribution in [-0.2, 0) is 17.8 Å². The standard InChI is InChI=1S/C18H25N3O2/c1-14-18(15(2)23-20-14)8-11-21-10-5-7-17(12-21)22-13-16-6-3-4-9-19-16/h3-4,6,9,17H,5,7-8,10-13H2,1-2H3. The van der Waals surface area contributed by atoms with Crippen LogP contribution in [-0.4, -0.2) is 40.8 Å². The summed E-state index contributed by atoms with van der Waals surface area (Å²) in [5.74, 6) is 0.947. The minimum Gasteiger partial charge on any atom is -0.371 e. The van der Waals surface area contributed by atoms with Crippen molar-refractivity contribution in [1.82, 2.24) is 15.0 Å². The van der Waals surface area contributed by atoms with E-state index in [0.717, 1.165) is 49.6 Å². The van der Waals surface area contributed by atoms with Crippen LogP contribution < -0.4 is 0 Å². The molecule has 0 N–H and O–H groups in total. The van der Waals surface area contributed by atoms with Gasteiger partial charge in [0.2, 0.25) is 0 Å². The molecule has 0 aromatic carbocycles. The summed E-state index contributed by atoms with van der Waals surface area (Å²) < 4.78 is 11.3. The highest BCUT2D eigenvalue weighted by Crippen LogP contribution is 2.17. The summed E-state index contributed by atoms with van der Waals surface area (Å²) in [7, 11) is 0. The summed E-state index contributed by atoms with van der Waals surface area (Å²) in [4.78, 5) is 6.80. The number of pyridine rings is 1. The number of aryl methyl sites for hydroxylation is 2. The third kappa shape index (κ3) is 4.39. The highest BCUT2D eigenvalue weighted by Gasteiger charge is 2.21.